The van der Waals surface area contributed by atoms with Gasteiger partial charge in [-0.05, 0) is 17.7 Å². The van der Waals surface area contributed by atoms with Gasteiger partial charge in [-0.25, -0.2) is 0 Å². The number of carboxylic acids is 1. The largest absolute Gasteiger partial charge is 0.550 e. The van der Waals surface area contributed by atoms with Crippen LogP contribution < -0.4 is 5.11 Å². The highest BCUT2D eigenvalue weighted by molar-refractivity contribution is 6.21. The van der Waals surface area contributed by atoms with Gasteiger partial charge in [0.05, 0.1) is 22.1 Å². The van der Waals surface area contributed by atoms with E-state index in [4.69, 9.17) is 0 Å². The Hall–Kier alpha value is -3.55. The van der Waals surface area contributed by atoms with Crippen molar-refractivity contribution in [2.45, 2.75) is 12.5 Å². The van der Waals surface area contributed by atoms with Gasteiger partial charge < -0.3 is 9.90 Å². The predicted octanol–water partition coefficient (Wildman–Crippen LogP) is 1.07. The number of aliphatic carboxylic acids is 1. The summed E-state index contributed by atoms with van der Waals surface area (Å²) < 4.78 is 0. The first-order valence-electron chi connectivity index (χ1n) is 7.31. The van der Waals surface area contributed by atoms with Crippen LogP contribution in [0, 0.1) is 10.1 Å². The molecule has 8 nitrogen and oxygen atoms in total. The van der Waals surface area contributed by atoms with Crippen LogP contribution in [0.1, 0.15) is 38.7 Å². The third kappa shape index (κ3) is 2.85. The van der Waals surface area contributed by atoms with Crippen molar-refractivity contribution in [3.8, 4) is 0 Å². The van der Waals surface area contributed by atoms with Crippen LogP contribution in [0.5, 0.6) is 0 Å². The number of nitro benzene ring substituents is 1. The Balaban J connectivity index is 2.07. The molecule has 2 aromatic rings. The zero-order chi connectivity index (χ0) is 18.1. The summed E-state index contributed by atoms with van der Waals surface area (Å²) in [5, 5.41) is 22.1. The molecule has 0 radical (unpaired) electrons. The maximum absolute atomic E-state index is 12.6. The van der Waals surface area contributed by atoms with Crippen molar-refractivity contribution >= 4 is 23.5 Å². The molecule has 0 unspecified atom stereocenters. The number of non-ortho nitro benzene ring substituents is 1. The summed E-state index contributed by atoms with van der Waals surface area (Å²) in [5.74, 6) is -2.76. The zero-order valence-electron chi connectivity index (χ0n) is 12.7. The minimum Gasteiger partial charge on any atom is -0.550 e. The lowest BCUT2D eigenvalue weighted by atomic mass is 10.0. The topological polar surface area (TPSA) is 121 Å². The number of hydrogen-bond acceptors (Lipinski definition) is 6. The minimum atomic E-state index is -1.48. The van der Waals surface area contributed by atoms with E-state index in [1.54, 1.807) is 12.1 Å². The molecule has 2 amide bonds. The molecular weight excluding hydrogens is 328 g/mol. The van der Waals surface area contributed by atoms with E-state index in [1.165, 1.54) is 30.3 Å². The standard InChI is InChI=1S/C17H12N2O6/c20-15(21)9-14(10-4-3-5-11(8-10)19(24)25)18-16(22)12-6-1-2-7-13(12)17(18)23/h1-8,14H,9H2,(H,20,21)/p-1/t14-/m0/s1. The fourth-order valence-electron chi connectivity index (χ4n) is 2.85. The van der Waals surface area contributed by atoms with Crippen LogP contribution in [0.25, 0.3) is 0 Å². The molecule has 1 aliphatic rings. The molecule has 0 saturated heterocycles. The van der Waals surface area contributed by atoms with Crippen LogP contribution in [0.3, 0.4) is 0 Å². The Bertz CT molecular complexity index is 873. The van der Waals surface area contributed by atoms with E-state index >= 15 is 0 Å². The van der Waals surface area contributed by atoms with Gasteiger partial charge in [0.2, 0.25) is 0 Å². The SMILES string of the molecule is O=C([O-])C[C@@H](c1cccc([N+](=O)[O-])c1)N1C(=O)c2ccccc2C1=O. The number of rotatable bonds is 5. The highest BCUT2D eigenvalue weighted by Gasteiger charge is 2.40. The number of hydrogen-bond donors (Lipinski definition) is 0. The summed E-state index contributed by atoms with van der Waals surface area (Å²) in [6, 6.07) is 10.1. The van der Waals surface area contributed by atoms with Gasteiger partial charge in [-0.1, -0.05) is 24.3 Å². The van der Waals surface area contributed by atoms with E-state index in [-0.39, 0.29) is 22.4 Å². The quantitative estimate of drug-likeness (QED) is 0.456. The van der Waals surface area contributed by atoms with Crippen molar-refractivity contribution in [1.29, 1.82) is 0 Å². The second-order valence-electron chi connectivity index (χ2n) is 5.47. The summed E-state index contributed by atoms with van der Waals surface area (Å²) in [7, 11) is 0. The maximum atomic E-state index is 12.6. The number of nitrogens with zero attached hydrogens (tertiary/aromatic N) is 2. The highest BCUT2D eigenvalue weighted by Crippen LogP contribution is 2.34. The van der Waals surface area contributed by atoms with Crippen LogP contribution in [0.2, 0.25) is 0 Å². The molecule has 2 aromatic carbocycles. The second-order valence-corrected chi connectivity index (χ2v) is 5.47. The second kappa shape index (κ2) is 6.16. The number of carbonyl (C=O) groups is 3. The minimum absolute atomic E-state index is 0.168. The van der Waals surface area contributed by atoms with Gasteiger partial charge in [0.25, 0.3) is 17.5 Å². The van der Waals surface area contributed by atoms with Crippen molar-refractivity contribution in [3.05, 3.63) is 75.3 Å². The van der Waals surface area contributed by atoms with E-state index in [9.17, 15) is 29.6 Å². The Kier molecular flexibility index (Phi) is 4.02. The van der Waals surface area contributed by atoms with Crippen LogP contribution in [0.15, 0.2) is 48.5 Å². The van der Waals surface area contributed by atoms with Crippen molar-refractivity contribution in [2.75, 3.05) is 0 Å². The number of amides is 2. The van der Waals surface area contributed by atoms with Crippen LogP contribution in [-0.2, 0) is 4.79 Å². The number of nitro groups is 1. The predicted molar refractivity (Wildman–Crippen MR) is 82.4 cm³/mol. The average molecular weight is 339 g/mol. The summed E-state index contributed by atoms with van der Waals surface area (Å²) in [4.78, 5) is 47.4. The summed E-state index contributed by atoms with van der Waals surface area (Å²) in [5.41, 5.74) is 0.243. The number of benzene rings is 2. The fraction of sp³-hybridized carbons (Fsp3) is 0.118. The molecule has 126 valence electrons. The number of carboxylic acid groups (broad SMARTS) is 1. The number of fused-ring (bicyclic) bond motifs is 1. The van der Waals surface area contributed by atoms with Crippen molar-refractivity contribution in [1.82, 2.24) is 4.90 Å². The molecule has 0 fully saturated rings. The fourth-order valence-corrected chi connectivity index (χ4v) is 2.85. The molecule has 0 aliphatic carbocycles. The lowest BCUT2D eigenvalue weighted by Gasteiger charge is -2.27. The summed E-state index contributed by atoms with van der Waals surface area (Å²) >= 11 is 0. The molecule has 8 heteroatoms. The van der Waals surface area contributed by atoms with Gasteiger partial charge in [0, 0.05) is 24.5 Å². The molecule has 25 heavy (non-hydrogen) atoms. The van der Waals surface area contributed by atoms with Gasteiger partial charge in [0.1, 0.15) is 0 Å². The Morgan fingerprint density at radius 3 is 2.16 bits per heavy atom. The average Bonchev–Trinajstić information content (AvgIpc) is 2.84. The molecule has 0 saturated carbocycles. The normalized spacial score (nSPS) is 14.3. The van der Waals surface area contributed by atoms with E-state index in [0.29, 0.717) is 0 Å². The van der Waals surface area contributed by atoms with E-state index in [2.05, 4.69) is 0 Å². The molecule has 1 atom stereocenters. The van der Waals surface area contributed by atoms with Gasteiger partial charge in [-0.15, -0.1) is 0 Å². The highest BCUT2D eigenvalue weighted by atomic mass is 16.6. The Morgan fingerprint density at radius 1 is 1.04 bits per heavy atom. The first-order valence-corrected chi connectivity index (χ1v) is 7.31. The molecule has 0 aromatic heterocycles. The Labute approximate surface area is 141 Å². The van der Waals surface area contributed by atoms with Crippen LogP contribution in [-0.4, -0.2) is 27.6 Å². The molecule has 0 bridgehead atoms. The molecule has 0 N–H and O–H groups in total. The van der Waals surface area contributed by atoms with Crippen LogP contribution >= 0.6 is 0 Å². The van der Waals surface area contributed by atoms with E-state index in [1.807, 2.05) is 0 Å². The van der Waals surface area contributed by atoms with Gasteiger partial charge in [-0.2, -0.15) is 0 Å². The van der Waals surface area contributed by atoms with Crippen molar-refractivity contribution in [3.63, 3.8) is 0 Å². The summed E-state index contributed by atoms with van der Waals surface area (Å²) in [6.07, 6.45) is -0.660. The monoisotopic (exact) mass is 339 g/mol. The van der Waals surface area contributed by atoms with E-state index in [0.717, 1.165) is 11.0 Å². The number of carbonyl (C=O) groups excluding carboxylic acids is 3. The first kappa shape index (κ1) is 16.3. The molecular formula is C17H11N2O6-. The molecule has 1 aliphatic heterocycles. The molecule has 3 rings (SSSR count). The summed E-state index contributed by atoms with van der Waals surface area (Å²) in [6.45, 7) is 0. The van der Waals surface area contributed by atoms with Gasteiger partial charge in [0.15, 0.2) is 0 Å². The molecule has 1 heterocycles. The zero-order valence-corrected chi connectivity index (χ0v) is 12.7. The first-order chi connectivity index (χ1) is 11.9. The van der Waals surface area contributed by atoms with Crippen LogP contribution in [0.4, 0.5) is 5.69 Å². The van der Waals surface area contributed by atoms with Gasteiger partial charge in [-0.3, -0.25) is 24.6 Å². The third-order valence-corrected chi connectivity index (χ3v) is 3.96. The Morgan fingerprint density at radius 2 is 1.64 bits per heavy atom. The van der Waals surface area contributed by atoms with E-state index < -0.39 is 35.2 Å². The maximum Gasteiger partial charge on any atom is 0.269 e. The lowest BCUT2D eigenvalue weighted by Crippen LogP contribution is -2.38. The third-order valence-electron chi connectivity index (χ3n) is 3.96. The van der Waals surface area contributed by atoms with Crippen molar-refractivity contribution in [2.24, 2.45) is 0 Å². The van der Waals surface area contributed by atoms with Gasteiger partial charge >= 0.3 is 0 Å². The van der Waals surface area contributed by atoms with Crippen molar-refractivity contribution < 1.29 is 24.4 Å². The number of imide groups is 1. The smallest absolute Gasteiger partial charge is 0.269 e. The molecule has 0 spiro atoms. The lowest BCUT2D eigenvalue weighted by molar-refractivity contribution is -0.385.